The normalized spacial score (nSPS) is 15.0. The molecule has 1 aliphatic rings. The minimum absolute atomic E-state index is 0.0277. The summed E-state index contributed by atoms with van der Waals surface area (Å²) in [6, 6.07) is 23.8. The number of carbonyl (C=O) groups is 1. The van der Waals surface area contributed by atoms with E-state index in [0.717, 1.165) is 54.9 Å². The third-order valence-electron chi connectivity index (χ3n) is 7.79. The minimum atomic E-state index is 0.0277. The summed E-state index contributed by atoms with van der Waals surface area (Å²) in [4.78, 5) is 17.1. The molecule has 4 aromatic rings. The summed E-state index contributed by atoms with van der Waals surface area (Å²) in [5.41, 5.74) is 3.28. The van der Waals surface area contributed by atoms with Gasteiger partial charge in [-0.05, 0) is 78.7 Å². The largest absolute Gasteiger partial charge is 0.493 e. The van der Waals surface area contributed by atoms with Crippen LogP contribution in [0.15, 0.2) is 66.7 Å². The average Bonchev–Trinajstić information content (AvgIpc) is 3.29. The van der Waals surface area contributed by atoms with Crippen LogP contribution >= 0.6 is 0 Å². The molecular formula is C33H41N3O2. The van der Waals surface area contributed by atoms with Gasteiger partial charge in [0.2, 0.25) is 0 Å². The Morgan fingerprint density at radius 1 is 0.974 bits per heavy atom. The van der Waals surface area contributed by atoms with E-state index in [0.29, 0.717) is 18.4 Å². The SMILES string of the molecule is CC(C)Cn1c(C(=O)N(C)C)cc2c(OCCCN3CCC(c4ccc5ccccc5c4)CC3)cccc21. The van der Waals surface area contributed by atoms with Gasteiger partial charge in [0, 0.05) is 32.6 Å². The van der Waals surface area contributed by atoms with Crippen molar-refractivity contribution in [1.82, 2.24) is 14.4 Å². The molecule has 5 nitrogen and oxygen atoms in total. The number of hydrogen-bond acceptors (Lipinski definition) is 3. The second-order valence-corrected chi connectivity index (χ2v) is 11.3. The van der Waals surface area contributed by atoms with Crippen molar-refractivity contribution in [1.29, 1.82) is 0 Å². The zero-order valence-electron chi connectivity index (χ0n) is 23.3. The molecule has 3 aromatic carbocycles. The van der Waals surface area contributed by atoms with Crippen LogP contribution in [0.3, 0.4) is 0 Å². The predicted molar refractivity (Wildman–Crippen MR) is 157 cm³/mol. The van der Waals surface area contributed by atoms with Gasteiger partial charge in [-0.1, -0.05) is 62.4 Å². The molecule has 0 spiro atoms. The number of rotatable bonds is 9. The number of hydrogen-bond donors (Lipinski definition) is 0. The van der Waals surface area contributed by atoms with E-state index in [1.54, 1.807) is 4.90 Å². The van der Waals surface area contributed by atoms with Gasteiger partial charge in [0.15, 0.2) is 0 Å². The topological polar surface area (TPSA) is 37.7 Å². The highest BCUT2D eigenvalue weighted by Crippen LogP contribution is 2.32. The predicted octanol–water partition coefficient (Wildman–Crippen LogP) is 6.80. The second kappa shape index (κ2) is 11.6. The molecule has 0 atom stereocenters. The number of benzene rings is 3. The van der Waals surface area contributed by atoms with Gasteiger partial charge in [0.25, 0.3) is 5.91 Å². The summed E-state index contributed by atoms with van der Waals surface area (Å²) in [5.74, 6) is 1.99. The summed E-state index contributed by atoms with van der Waals surface area (Å²) in [6.45, 7) is 9.18. The van der Waals surface area contributed by atoms with Gasteiger partial charge in [-0.15, -0.1) is 0 Å². The Morgan fingerprint density at radius 3 is 2.47 bits per heavy atom. The van der Waals surface area contributed by atoms with Crippen molar-refractivity contribution in [3.8, 4) is 5.75 Å². The third kappa shape index (κ3) is 5.73. The van der Waals surface area contributed by atoms with Crippen LogP contribution in [0.5, 0.6) is 5.75 Å². The maximum Gasteiger partial charge on any atom is 0.269 e. The molecule has 1 amide bonds. The third-order valence-corrected chi connectivity index (χ3v) is 7.79. The van der Waals surface area contributed by atoms with Crippen molar-refractivity contribution in [3.05, 3.63) is 78.0 Å². The van der Waals surface area contributed by atoms with Gasteiger partial charge in [-0.2, -0.15) is 0 Å². The molecule has 1 aliphatic heterocycles. The lowest BCUT2D eigenvalue weighted by Crippen LogP contribution is -2.34. The van der Waals surface area contributed by atoms with Gasteiger partial charge in [-0.3, -0.25) is 4.79 Å². The molecule has 0 bridgehead atoms. The Bertz CT molecular complexity index is 1400. The quantitative estimate of drug-likeness (QED) is 0.232. The fourth-order valence-electron chi connectivity index (χ4n) is 5.77. The van der Waals surface area contributed by atoms with E-state index in [-0.39, 0.29) is 5.91 Å². The monoisotopic (exact) mass is 511 g/mol. The van der Waals surface area contributed by atoms with Crippen LogP contribution < -0.4 is 4.74 Å². The van der Waals surface area contributed by atoms with Crippen molar-refractivity contribution in [2.45, 2.75) is 45.6 Å². The van der Waals surface area contributed by atoms with Gasteiger partial charge in [0.1, 0.15) is 11.4 Å². The smallest absolute Gasteiger partial charge is 0.269 e. The van der Waals surface area contributed by atoms with E-state index in [9.17, 15) is 4.79 Å². The molecule has 38 heavy (non-hydrogen) atoms. The Kier molecular flexibility index (Phi) is 8.04. The highest BCUT2D eigenvalue weighted by molar-refractivity contribution is 6.00. The standard InChI is InChI=1S/C33H41N3O2/c1-24(2)23-36-30-11-7-12-32(29(30)22-31(36)33(37)34(3)4)38-20-8-17-35-18-15-26(16-19-35)28-14-13-25-9-5-6-10-27(25)21-28/h5-7,9-14,21-22,24,26H,8,15-20,23H2,1-4H3. The fraction of sp³-hybridized carbons (Fsp3) is 0.424. The molecule has 0 aliphatic carbocycles. The highest BCUT2D eigenvalue weighted by atomic mass is 16.5. The molecule has 1 saturated heterocycles. The van der Waals surface area contributed by atoms with Crippen LogP contribution in [0.25, 0.3) is 21.7 Å². The Hall–Kier alpha value is -3.31. The van der Waals surface area contributed by atoms with Crippen molar-refractivity contribution >= 4 is 27.6 Å². The average molecular weight is 512 g/mol. The van der Waals surface area contributed by atoms with E-state index in [1.807, 2.05) is 32.3 Å². The fourth-order valence-corrected chi connectivity index (χ4v) is 5.77. The maximum atomic E-state index is 12.9. The summed E-state index contributed by atoms with van der Waals surface area (Å²) < 4.78 is 8.44. The lowest BCUT2D eigenvalue weighted by atomic mass is 9.88. The number of carbonyl (C=O) groups excluding carboxylic acids is 1. The van der Waals surface area contributed by atoms with E-state index in [2.05, 4.69) is 71.8 Å². The molecule has 5 heteroatoms. The van der Waals surface area contributed by atoms with Gasteiger partial charge in [-0.25, -0.2) is 0 Å². The maximum absolute atomic E-state index is 12.9. The Morgan fingerprint density at radius 2 is 1.74 bits per heavy atom. The summed E-state index contributed by atoms with van der Waals surface area (Å²) >= 11 is 0. The first kappa shape index (κ1) is 26.3. The van der Waals surface area contributed by atoms with Crippen molar-refractivity contribution in [2.24, 2.45) is 5.92 Å². The molecule has 5 rings (SSSR count). The van der Waals surface area contributed by atoms with Crippen LogP contribution in [0, 0.1) is 5.92 Å². The molecular weight excluding hydrogens is 470 g/mol. The molecule has 200 valence electrons. The first-order valence-electron chi connectivity index (χ1n) is 14.1. The number of fused-ring (bicyclic) bond motifs is 2. The number of piperidine rings is 1. The number of amides is 1. The van der Waals surface area contributed by atoms with Gasteiger partial charge < -0.3 is 19.1 Å². The number of nitrogens with zero attached hydrogens (tertiary/aromatic N) is 3. The molecule has 0 N–H and O–H groups in total. The van der Waals surface area contributed by atoms with E-state index < -0.39 is 0 Å². The summed E-state index contributed by atoms with van der Waals surface area (Å²) in [7, 11) is 3.61. The van der Waals surface area contributed by atoms with Crippen molar-refractivity contribution < 1.29 is 9.53 Å². The van der Waals surface area contributed by atoms with Crippen molar-refractivity contribution in [3.63, 3.8) is 0 Å². The lowest BCUT2D eigenvalue weighted by molar-refractivity contribution is 0.0817. The molecule has 1 fully saturated rings. The molecule has 0 unspecified atom stereocenters. The van der Waals surface area contributed by atoms with E-state index in [1.165, 1.54) is 29.2 Å². The van der Waals surface area contributed by atoms with E-state index in [4.69, 9.17) is 4.74 Å². The highest BCUT2D eigenvalue weighted by Gasteiger charge is 2.22. The first-order chi connectivity index (χ1) is 18.4. The Labute approximate surface area is 227 Å². The van der Waals surface area contributed by atoms with Gasteiger partial charge >= 0.3 is 0 Å². The molecule has 1 aromatic heterocycles. The van der Waals surface area contributed by atoms with Crippen LogP contribution in [0.2, 0.25) is 0 Å². The lowest BCUT2D eigenvalue weighted by Gasteiger charge is -2.32. The van der Waals surface area contributed by atoms with Crippen LogP contribution in [0.1, 0.15) is 55.1 Å². The van der Waals surface area contributed by atoms with Crippen LogP contribution in [0.4, 0.5) is 0 Å². The first-order valence-corrected chi connectivity index (χ1v) is 14.1. The summed E-state index contributed by atoms with van der Waals surface area (Å²) in [6.07, 6.45) is 3.42. The zero-order valence-corrected chi connectivity index (χ0v) is 23.3. The van der Waals surface area contributed by atoms with E-state index >= 15 is 0 Å². The second-order valence-electron chi connectivity index (χ2n) is 11.3. The van der Waals surface area contributed by atoms with Crippen LogP contribution in [-0.4, -0.2) is 60.6 Å². The number of likely N-dealkylation sites (tertiary alicyclic amines) is 1. The summed E-state index contributed by atoms with van der Waals surface area (Å²) in [5, 5.41) is 3.69. The molecule has 2 heterocycles. The van der Waals surface area contributed by atoms with Crippen LogP contribution in [-0.2, 0) is 6.54 Å². The molecule has 0 saturated carbocycles. The number of aromatic nitrogens is 1. The Balaban J connectivity index is 1.16. The minimum Gasteiger partial charge on any atom is -0.493 e. The van der Waals surface area contributed by atoms with Gasteiger partial charge in [0.05, 0.1) is 12.1 Å². The van der Waals surface area contributed by atoms with Crippen molar-refractivity contribution in [2.75, 3.05) is 40.3 Å². The zero-order chi connectivity index (χ0) is 26.6. The number of ether oxygens (including phenoxy) is 1. The molecule has 0 radical (unpaired) electrons.